The Kier molecular flexibility index (Phi) is 3.64. The van der Waals surface area contributed by atoms with E-state index < -0.39 is 0 Å². The Morgan fingerprint density at radius 2 is 1.89 bits per heavy atom. The second-order valence-electron chi connectivity index (χ2n) is 6.53. The lowest BCUT2D eigenvalue weighted by atomic mass is 9.64. The van der Waals surface area contributed by atoms with Crippen molar-refractivity contribution in [3.05, 3.63) is 35.4 Å². The molecule has 2 nitrogen and oxygen atoms in total. The van der Waals surface area contributed by atoms with Crippen LogP contribution in [0.25, 0.3) is 0 Å². The molecule has 2 heteroatoms. The van der Waals surface area contributed by atoms with Crippen molar-refractivity contribution in [2.24, 2.45) is 0 Å². The van der Waals surface area contributed by atoms with Crippen LogP contribution in [0.3, 0.4) is 0 Å². The maximum atomic E-state index is 3.74. The molecule has 1 spiro atoms. The van der Waals surface area contributed by atoms with Crippen LogP contribution in [0.4, 0.5) is 0 Å². The predicted octanol–water partition coefficient (Wildman–Crippen LogP) is 3.14. The van der Waals surface area contributed by atoms with E-state index in [1.165, 1.54) is 38.8 Å². The molecule has 0 saturated carbocycles. The van der Waals surface area contributed by atoms with Gasteiger partial charge in [-0.05, 0) is 55.3 Å². The highest BCUT2D eigenvalue weighted by atomic mass is 14.9. The van der Waals surface area contributed by atoms with E-state index in [0.29, 0.717) is 17.5 Å². The van der Waals surface area contributed by atoms with Crippen molar-refractivity contribution in [2.45, 2.75) is 57.0 Å². The van der Waals surface area contributed by atoms with Gasteiger partial charge in [0.15, 0.2) is 0 Å². The van der Waals surface area contributed by atoms with E-state index in [4.69, 9.17) is 0 Å². The lowest BCUT2D eigenvalue weighted by Crippen LogP contribution is -2.44. The van der Waals surface area contributed by atoms with Gasteiger partial charge in [-0.25, -0.2) is 0 Å². The molecule has 0 radical (unpaired) electrons. The minimum absolute atomic E-state index is 0.455. The largest absolute Gasteiger partial charge is 0.317 e. The molecule has 19 heavy (non-hydrogen) atoms. The maximum absolute atomic E-state index is 3.74. The Morgan fingerprint density at radius 3 is 2.63 bits per heavy atom. The first-order valence-electron chi connectivity index (χ1n) is 7.77. The van der Waals surface area contributed by atoms with E-state index in [1.807, 2.05) is 0 Å². The zero-order valence-electron chi connectivity index (χ0n) is 12.2. The van der Waals surface area contributed by atoms with Gasteiger partial charge >= 0.3 is 0 Å². The molecular formula is C17H26N2. The molecule has 2 N–H and O–H groups in total. The van der Waals surface area contributed by atoms with Gasteiger partial charge in [0.1, 0.15) is 0 Å². The number of piperidine rings is 1. The van der Waals surface area contributed by atoms with Gasteiger partial charge in [0, 0.05) is 12.1 Å². The van der Waals surface area contributed by atoms with Crippen LogP contribution in [0.2, 0.25) is 0 Å². The highest BCUT2D eigenvalue weighted by Crippen LogP contribution is 2.46. The SMILES string of the molecule is CC(C)NC1CCC2(CCNCC2)c2ccccc21. The molecule has 1 saturated heterocycles. The molecule has 1 atom stereocenters. The molecule has 1 unspecified atom stereocenters. The maximum Gasteiger partial charge on any atom is 0.0325 e. The molecule has 0 bridgehead atoms. The number of nitrogens with one attached hydrogen (secondary N) is 2. The first-order valence-corrected chi connectivity index (χ1v) is 7.77. The van der Waals surface area contributed by atoms with Crippen LogP contribution in [0, 0.1) is 0 Å². The van der Waals surface area contributed by atoms with Crippen LogP contribution >= 0.6 is 0 Å². The van der Waals surface area contributed by atoms with Gasteiger partial charge in [0.25, 0.3) is 0 Å². The summed E-state index contributed by atoms with van der Waals surface area (Å²) in [4.78, 5) is 0. The average molecular weight is 258 g/mol. The number of benzene rings is 1. The third kappa shape index (κ3) is 2.44. The fourth-order valence-electron chi connectivity index (χ4n) is 3.99. The molecule has 3 rings (SSSR count). The van der Waals surface area contributed by atoms with Crippen molar-refractivity contribution >= 4 is 0 Å². The molecule has 1 heterocycles. The quantitative estimate of drug-likeness (QED) is 0.851. The van der Waals surface area contributed by atoms with E-state index in [9.17, 15) is 0 Å². The van der Waals surface area contributed by atoms with E-state index in [2.05, 4.69) is 48.7 Å². The molecule has 0 aromatic heterocycles. The van der Waals surface area contributed by atoms with Crippen molar-refractivity contribution in [2.75, 3.05) is 13.1 Å². The van der Waals surface area contributed by atoms with E-state index in [1.54, 1.807) is 11.1 Å². The highest BCUT2D eigenvalue weighted by molar-refractivity contribution is 5.39. The van der Waals surface area contributed by atoms with Gasteiger partial charge in [-0.2, -0.15) is 0 Å². The zero-order chi connectivity index (χ0) is 13.3. The second-order valence-corrected chi connectivity index (χ2v) is 6.53. The van der Waals surface area contributed by atoms with Crippen LogP contribution in [-0.2, 0) is 5.41 Å². The molecule has 1 aliphatic carbocycles. The Balaban J connectivity index is 1.95. The summed E-state index contributed by atoms with van der Waals surface area (Å²) < 4.78 is 0. The summed E-state index contributed by atoms with van der Waals surface area (Å²) >= 11 is 0. The van der Waals surface area contributed by atoms with Crippen LogP contribution in [0.5, 0.6) is 0 Å². The zero-order valence-corrected chi connectivity index (χ0v) is 12.2. The van der Waals surface area contributed by atoms with Gasteiger partial charge in [0.2, 0.25) is 0 Å². The molecule has 1 fully saturated rings. The van der Waals surface area contributed by atoms with Gasteiger partial charge < -0.3 is 10.6 Å². The Morgan fingerprint density at radius 1 is 1.16 bits per heavy atom. The van der Waals surface area contributed by atoms with Gasteiger partial charge in [-0.15, -0.1) is 0 Å². The summed E-state index contributed by atoms with van der Waals surface area (Å²) in [6.07, 6.45) is 5.24. The minimum Gasteiger partial charge on any atom is -0.317 e. The van der Waals surface area contributed by atoms with E-state index in [0.717, 1.165) is 0 Å². The van der Waals surface area contributed by atoms with Gasteiger partial charge in [-0.3, -0.25) is 0 Å². The second kappa shape index (κ2) is 5.26. The summed E-state index contributed by atoms with van der Waals surface area (Å²) in [7, 11) is 0. The monoisotopic (exact) mass is 258 g/mol. The summed E-state index contributed by atoms with van der Waals surface area (Å²) in [5, 5.41) is 7.26. The molecule has 104 valence electrons. The van der Waals surface area contributed by atoms with Crippen molar-refractivity contribution < 1.29 is 0 Å². The number of hydrogen-bond donors (Lipinski definition) is 2. The van der Waals surface area contributed by atoms with Crippen molar-refractivity contribution in [1.29, 1.82) is 0 Å². The fourth-order valence-corrected chi connectivity index (χ4v) is 3.99. The first kappa shape index (κ1) is 13.1. The van der Waals surface area contributed by atoms with Crippen molar-refractivity contribution in [3.63, 3.8) is 0 Å². The molecule has 1 aromatic carbocycles. The third-order valence-corrected chi connectivity index (χ3v) is 4.91. The van der Waals surface area contributed by atoms with Crippen LogP contribution in [0.1, 0.15) is 56.7 Å². The van der Waals surface area contributed by atoms with E-state index >= 15 is 0 Å². The minimum atomic E-state index is 0.455. The normalized spacial score (nSPS) is 25.5. The summed E-state index contributed by atoms with van der Waals surface area (Å²) in [5.74, 6) is 0. The highest BCUT2D eigenvalue weighted by Gasteiger charge is 2.40. The number of rotatable bonds is 2. The summed E-state index contributed by atoms with van der Waals surface area (Å²) in [6, 6.07) is 10.3. The van der Waals surface area contributed by atoms with Crippen LogP contribution in [0.15, 0.2) is 24.3 Å². The van der Waals surface area contributed by atoms with Gasteiger partial charge in [-0.1, -0.05) is 38.1 Å². The van der Waals surface area contributed by atoms with E-state index in [-0.39, 0.29) is 0 Å². The smallest absolute Gasteiger partial charge is 0.0325 e. The molecule has 2 aliphatic rings. The molecular weight excluding hydrogens is 232 g/mol. The lowest BCUT2D eigenvalue weighted by Gasteiger charge is -2.45. The topological polar surface area (TPSA) is 24.1 Å². The lowest BCUT2D eigenvalue weighted by molar-refractivity contribution is 0.242. The Bertz CT molecular complexity index is 433. The molecule has 1 aliphatic heterocycles. The van der Waals surface area contributed by atoms with Crippen molar-refractivity contribution in [3.8, 4) is 0 Å². The van der Waals surface area contributed by atoms with Gasteiger partial charge in [0.05, 0.1) is 0 Å². The fraction of sp³-hybridized carbons (Fsp3) is 0.647. The van der Waals surface area contributed by atoms with Crippen molar-refractivity contribution in [1.82, 2.24) is 10.6 Å². The predicted molar refractivity (Wildman–Crippen MR) is 80.5 cm³/mol. The van der Waals surface area contributed by atoms with Crippen LogP contribution < -0.4 is 10.6 Å². The molecule has 0 amide bonds. The standard InChI is InChI=1S/C17H26N2/c1-13(2)19-16-7-8-17(9-11-18-12-10-17)15-6-4-3-5-14(15)16/h3-6,13,16,18-19H,7-12H2,1-2H3. The summed E-state index contributed by atoms with van der Waals surface area (Å²) in [5.41, 5.74) is 3.64. The number of hydrogen-bond acceptors (Lipinski definition) is 2. The number of fused-ring (bicyclic) bond motifs is 2. The Labute approximate surface area is 117 Å². The average Bonchev–Trinajstić information content (AvgIpc) is 2.43. The molecule has 1 aromatic rings. The summed E-state index contributed by atoms with van der Waals surface area (Å²) in [6.45, 7) is 6.85. The van der Waals surface area contributed by atoms with Crippen LogP contribution in [-0.4, -0.2) is 19.1 Å². The Hall–Kier alpha value is -0.860. The first-order chi connectivity index (χ1) is 9.21. The third-order valence-electron chi connectivity index (χ3n) is 4.91.